The van der Waals surface area contributed by atoms with Crippen molar-refractivity contribution in [1.29, 1.82) is 0 Å². The van der Waals surface area contributed by atoms with Crippen LogP contribution in [0.5, 0.6) is 0 Å². The lowest BCUT2D eigenvalue weighted by Gasteiger charge is -2.20. The quantitative estimate of drug-likeness (QED) is 0.420. The molecule has 0 aromatic heterocycles. The van der Waals surface area contributed by atoms with Gasteiger partial charge < -0.3 is 10.4 Å². The van der Waals surface area contributed by atoms with Gasteiger partial charge in [0.2, 0.25) is 5.91 Å². The summed E-state index contributed by atoms with van der Waals surface area (Å²) >= 11 is 0. The summed E-state index contributed by atoms with van der Waals surface area (Å²) in [6, 6.07) is -0.754. The van der Waals surface area contributed by atoms with Crippen LogP contribution in [0.4, 0.5) is 0 Å². The fourth-order valence-electron chi connectivity index (χ4n) is 2.70. The van der Waals surface area contributed by atoms with Gasteiger partial charge in [0.25, 0.3) is 0 Å². The lowest BCUT2D eigenvalue weighted by molar-refractivity contribution is -0.143. The van der Waals surface area contributed by atoms with Crippen molar-refractivity contribution in [3.8, 4) is 0 Å². The molecule has 136 valence electrons. The molecule has 0 saturated heterocycles. The Morgan fingerprint density at radius 2 is 1.35 bits per heavy atom. The number of carboxylic acid groups (broad SMARTS) is 1. The van der Waals surface area contributed by atoms with E-state index < -0.39 is 12.0 Å². The highest BCUT2D eigenvalue weighted by Crippen LogP contribution is 2.12. The molecule has 0 heterocycles. The lowest BCUT2D eigenvalue weighted by atomic mass is 9.99. The van der Waals surface area contributed by atoms with E-state index in [9.17, 15) is 9.59 Å². The molecule has 0 saturated carbocycles. The maximum atomic E-state index is 11.8. The number of nitrogens with one attached hydrogen (secondary N) is 1. The summed E-state index contributed by atoms with van der Waals surface area (Å²) in [6.45, 7) is 6.03. The van der Waals surface area contributed by atoms with Crippen LogP contribution >= 0.6 is 0 Å². The average molecular weight is 328 g/mol. The summed E-state index contributed by atoms with van der Waals surface area (Å²) in [5.74, 6) is -1.10. The third kappa shape index (κ3) is 12.1. The molecular formula is C19H37NO3. The van der Waals surface area contributed by atoms with Gasteiger partial charge >= 0.3 is 5.97 Å². The third-order valence-electron chi connectivity index (χ3n) is 4.55. The van der Waals surface area contributed by atoms with Crippen LogP contribution in [-0.2, 0) is 9.59 Å². The van der Waals surface area contributed by atoms with Crippen LogP contribution in [0.25, 0.3) is 0 Å². The molecule has 0 fully saturated rings. The molecule has 0 aromatic rings. The Labute approximate surface area is 142 Å². The number of rotatable bonds is 15. The zero-order valence-electron chi connectivity index (χ0n) is 15.4. The van der Waals surface area contributed by atoms with Crippen LogP contribution in [0.3, 0.4) is 0 Å². The molecule has 0 aliphatic heterocycles. The molecule has 2 N–H and O–H groups in total. The number of aliphatic carboxylic acids is 1. The van der Waals surface area contributed by atoms with E-state index in [0.29, 0.717) is 6.42 Å². The SMILES string of the molecule is CCCCCCCCCCCCC(=O)N[C@H](C(=O)O)[C@@H](C)CC. The Morgan fingerprint density at radius 1 is 0.870 bits per heavy atom. The van der Waals surface area contributed by atoms with Crippen molar-refractivity contribution in [3.63, 3.8) is 0 Å². The summed E-state index contributed by atoms with van der Waals surface area (Å²) in [5, 5.41) is 11.8. The van der Waals surface area contributed by atoms with Gasteiger partial charge in [-0.2, -0.15) is 0 Å². The number of unbranched alkanes of at least 4 members (excludes halogenated alkanes) is 9. The van der Waals surface area contributed by atoms with Crippen molar-refractivity contribution in [3.05, 3.63) is 0 Å². The van der Waals surface area contributed by atoms with Gasteiger partial charge in [-0.25, -0.2) is 4.79 Å². The van der Waals surface area contributed by atoms with Gasteiger partial charge in [-0.1, -0.05) is 85.0 Å². The first kappa shape index (κ1) is 21.9. The van der Waals surface area contributed by atoms with Gasteiger partial charge in [0.15, 0.2) is 0 Å². The topological polar surface area (TPSA) is 66.4 Å². The van der Waals surface area contributed by atoms with Gasteiger partial charge in [-0.05, 0) is 12.3 Å². The molecule has 4 heteroatoms. The van der Waals surface area contributed by atoms with Crippen molar-refractivity contribution >= 4 is 11.9 Å². The van der Waals surface area contributed by atoms with E-state index in [2.05, 4.69) is 12.2 Å². The van der Waals surface area contributed by atoms with Gasteiger partial charge in [0.05, 0.1) is 0 Å². The number of carboxylic acids is 1. The molecule has 0 unspecified atom stereocenters. The highest BCUT2D eigenvalue weighted by molar-refractivity contribution is 5.83. The van der Waals surface area contributed by atoms with Crippen LogP contribution in [0, 0.1) is 5.92 Å². The minimum absolute atomic E-state index is 0.0378. The zero-order valence-corrected chi connectivity index (χ0v) is 15.4. The van der Waals surface area contributed by atoms with Crippen molar-refractivity contribution in [1.82, 2.24) is 5.32 Å². The van der Waals surface area contributed by atoms with Crippen molar-refractivity contribution in [2.24, 2.45) is 5.92 Å². The predicted octanol–water partition coefficient (Wildman–Crippen LogP) is 4.91. The largest absolute Gasteiger partial charge is 0.480 e. The number of hydrogen-bond donors (Lipinski definition) is 2. The highest BCUT2D eigenvalue weighted by Gasteiger charge is 2.24. The third-order valence-corrected chi connectivity index (χ3v) is 4.55. The second kappa shape index (κ2) is 14.5. The molecule has 1 amide bonds. The number of carbonyl (C=O) groups is 2. The molecule has 0 rings (SSSR count). The van der Waals surface area contributed by atoms with E-state index in [0.717, 1.165) is 19.3 Å². The smallest absolute Gasteiger partial charge is 0.326 e. The normalized spacial score (nSPS) is 13.5. The molecular weight excluding hydrogens is 290 g/mol. The molecule has 23 heavy (non-hydrogen) atoms. The van der Waals surface area contributed by atoms with E-state index in [4.69, 9.17) is 5.11 Å². The van der Waals surface area contributed by atoms with E-state index in [1.807, 2.05) is 13.8 Å². The Balaban J connectivity index is 3.61. The molecule has 0 radical (unpaired) electrons. The van der Waals surface area contributed by atoms with E-state index in [-0.39, 0.29) is 11.8 Å². The van der Waals surface area contributed by atoms with Crippen LogP contribution in [0.15, 0.2) is 0 Å². The van der Waals surface area contributed by atoms with E-state index >= 15 is 0 Å². The first-order chi connectivity index (χ1) is 11.0. The number of hydrogen-bond acceptors (Lipinski definition) is 2. The Kier molecular flexibility index (Phi) is 13.9. The summed E-state index contributed by atoms with van der Waals surface area (Å²) in [6.07, 6.45) is 13.5. The fraction of sp³-hybridized carbons (Fsp3) is 0.895. The molecule has 0 aliphatic rings. The van der Waals surface area contributed by atoms with Gasteiger partial charge in [0.1, 0.15) is 6.04 Å². The Morgan fingerprint density at radius 3 is 1.78 bits per heavy atom. The standard InChI is InChI=1S/C19H37NO3/c1-4-6-7-8-9-10-11-12-13-14-15-17(21)20-18(19(22)23)16(3)5-2/h16,18H,4-15H2,1-3H3,(H,20,21)(H,22,23)/t16-,18-/m0/s1. The van der Waals surface area contributed by atoms with Crippen LogP contribution < -0.4 is 5.32 Å². The molecule has 4 nitrogen and oxygen atoms in total. The minimum atomic E-state index is -0.934. The van der Waals surface area contributed by atoms with Crippen LogP contribution in [0.1, 0.15) is 97.8 Å². The number of carbonyl (C=O) groups excluding carboxylic acids is 1. The first-order valence-corrected chi connectivity index (χ1v) is 9.55. The summed E-state index contributed by atoms with van der Waals surface area (Å²) in [5.41, 5.74) is 0. The fourth-order valence-corrected chi connectivity index (χ4v) is 2.70. The maximum Gasteiger partial charge on any atom is 0.326 e. The minimum Gasteiger partial charge on any atom is -0.480 e. The average Bonchev–Trinajstić information content (AvgIpc) is 2.53. The second-order valence-electron chi connectivity index (χ2n) is 6.70. The maximum absolute atomic E-state index is 11.8. The van der Waals surface area contributed by atoms with E-state index in [1.165, 1.54) is 51.4 Å². The first-order valence-electron chi connectivity index (χ1n) is 9.55. The monoisotopic (exact) mass is 327 g/mol. The highest BCUT2D eigenvalue weighted by atomic mass is 16.4. The molecule has 2 atom stereocenters. The van der Waals surface area contributed by atoms with Crippen LogP contribution in [-0.4, -0.2) is 23.0 Å². The number of amides is 1. The van der Waals surface area contributed by atoms with Gasteiger partial charge in [0, 0.05) is 6.42 Å². The Bertz CT molecular complexity index is 318. The summed E-state index contributed by atoms with van der Waals surface area (Å²) in [7, 11) is 0. The van der Waals surface area contributed by atoms with Crippen LogP contribution in [0.2, 0.25) is 0 Å². The van der Waals surface area contributed by atoms with Crippen molar-refractivity contribution in [2.45, 2.75) is 104 Å². The predicted molar refractivity (Wildman–Crippen MR) is 95.5 cm³/mol. The molecule has 0 spiro atoms. The Hall–Kier alpha value is -1.06. The lowest BCUT2D eigenvalue weighted by Crippen LogP contribution is -2.44. The van der Waals surface area contributed by atoms with Crippen molar-refractivity contribution in [2.75, 3.05) is 0 Å². The summed E-state index contributed by atoms with van der Waals surface area (Å²) < 4.78 is 0. The van der Waals surface area contributed by atoms with Gasteiger partial charge in [-0.3, -0.25) is 4.79 Å². The van der Waals surface area contributed by atoms with E-state index in [1.54, 1.807) is 0 Å². The van der Waals surface area contributed by atoms with Gasteiger partial charge in [-0.15, -0.1) is 0 Å². The summed E-state index contributed by atoms with van der Waals surface area (Å²) in [4.78, 5) is 23.0. The van der Waals surface area contributed by atoms with Crippen molar-refractivity contribution < 1.29 is 14.7 Å². The molecule has 0 aromatic carbocycles. The second-order valence-corrected chi connectivity index (χ2v) is 6.70. The molecule has 0 aliphatic carbocycles. The molecule has 0 bridgehead atoms. The zero-order chi connectivity index (χ0) is 17.5.